The summed E-state index contributed by atoms with van der Waals surface area (Å²) in [5, 5.41) is 14.4. The molecule has 0 fully saturated rings. The number of carbonyl (C=O) groups excluding carboxylic acids is 1. The van der Waals surface area contributed by atoms with Crippen LogP contribution in [-0.2, 0) is 17.9 Å². The molecular weight excluding hydrogens is 584 g/mol. The Kier molecular flexibility index (Phi) is 12.4. The number of hydrogen-bond donors (Lipinski definition) is 1. The quantitative estimate of drug-likeness (QED) is 0.188. The van der Waals surface area contributed by atoms with Gasteiger partial charge in [0.1, 0.15) is 11.6 Å². The number of nitrogens with one attached hydrogen (secondary N) is 1. The zero-order valence-corrected chi connectivity index (χ0v) is 27.4. The number of rotatable bonds is 12. The summed E-state index contributed by atoms with van der Waals surface area (Å²) in [4.78, 5) is 39.1. The molecule has 0 amide bonds. The molecule has 0 aliphatic carbocycles. The minimum absolute atomic E-state index is 0. The number of carboxylic acids is 1. The molecule has 3 aromatic carbocycles. The van der Waals surface area contributed by atoms with Gasteiger partial charge in [-0.05, 0) is 56.5 Å². The largest absolute Gasteiger partial charge is 1.00 e. The Balaban J connectivity index is 0.00000506. The molecule has 0 aliphatic heterocycles. The van der Waals surface area contributed by atoms with Crippen molar-refractivity contribution in [3.8, 4) is 16.9 Å². The first-order chi connectivity index (χ1) is 20.1. The van der Waals surface area contributed by atoms with Crippen LogP contribution in [0, 0.1) is 19.7 Å². The molecule has 8 nitrogen and oxygen atoms in total. The number of carboxylic acid groups (broad SMARTS) is 1. The van der Waals surface area contributed by atoms with E-state index in [0.29, 0.717) is 41.1 Å². The maximum atomic E-state index is 14.9. The Hall–Kier alpha value is -3.21. The van der Waals surface area contributed by atoms with Crippen LogP contribution < -0.4 is 56.0 Å². The van der Waals surface area contributed by atoms with Crippen molar-refractivity contribution in [1.29, 1.82) is 0 Å². The molecule has 4 aromatic rings. The zero-order valence-electron chi connectivity index (χ0n) is 24.7. The molecule has 0 bridgehead atoms. The van der Waals surface area contributed by atoms with Crippen molar-refractivity contribution in [3.05, 3.63) is 121 Å². The van der Waals surface area contributed by atoms with Gasteiger partial charge < -0.3 is 20.0 Å². The topological polar surface area (TPSA) is 105 Å². The van der Waals surface area contributed by atoms with Crippen molar-refractivity contribution < 1.29 is 48.6 Å². The van der Waals surface area contributed by atoms with Crippen molar-refractivity contribution in [3.63, 3.8) is 0 Å². The Morgan fingerprint density at radius 3 is 2.37 bits per heavy atom. The number of aliphatic carboxylic acids is 1. The molecule has 1 N–H and O–H groups in total. The minimum Gasteiger partial charge on any atom is -0.550 e. The fourth-order valence-corrected chi connectivity index (χ4v) is 5.31. The number of hydrogen-bond acceptors (Lipinski definition) is 6. The van der Waals surface area contributed by atoms with Crippen molar-refractivity contribution >= 4 is 17.6 Å². The van der Waals surface area contributed by atoms with Gasteiger partial charge in [-0.2, -0.15) is 0 Å². The van der Waals surface area contributed by atoms with E-state index in [2.05, 4.69) is 5.32 Å². The number of aromatic nitrogens is 2. The average Bonchev–Trinajstić information content (AvgIpc) is 2.97. The first kappa shape index (κ1) is 34.3. The minimum atomic E-state index is -1.16. The van der Waals surface area contributed by atoms with Gasteiger partial charge >= 0.3 is 35.2 Å². The molecule has 0 unspecified atom stereocenters. The predicted octanol–water partition coefficient (Wildman–Crippen LogP) is 1.01. The molecule has 0 saturated carbocycles. The van der Waals surface area contributed by atoms with Crippen LogP contribution in [-0.4, -0.2) is 28.8 Å². The fourth-order valence-electron chi connectivity index (χ4n) is 5.01. The third-order valence-electron chi connectivity index (χ3n) is 7.32. The van der Waals surface area contributed by atoms with E-state index in [-0.39, 0.29) is 59.7 Å². The van der Waals surface area contributed by atoms with Crippen molar-refractivity contribution in [2.24, 2.45) is 0 Å². The zero-order chi connectivity index (χ0) is 30.4. The van der Waals surface area contributed by atoms with Gasteiger partial charge in [0.05, 0.1) is 36.8 Å². The Morgan fingerprint density at radius 2 is 1.72 bits per heavy atom. The van der Waals surface area contributed by atoms with Gasteiger partial charge in [-0.1, -0.05) is 66.2 Å². The average molecular weight is 616 g/mol. The van der Waals surface area contributed by atoms with Gasteiger partial charge in [0, 0.05) is 22.8 Å². The molecular formula is C32H32ClFN3NaO5. The van der Waals surface area contributed by atoms with Crippen LogP contribution in [0.1, 0.15) is 41.3 Å². The Bertz CT molecular complexity index is 1690. The van der Waals surface area contributed by atoms with Crippen LogP contribution in [0.3, 0.4) is 0 Å². The summed E-state index contributed by atoms with van der Waals surface area (Å²) in [7, 11) is 1.47. The molecule has 0 spiro atoms. The van der Waals surface area contributed by atoms with Crippen LogP contribution in [0.2, 0.25) is 5.02 Å². The van der Waals surface area contributed by atoms with E-state index in [0.717, 1.165) is 10.1 Å². The smallest absolute Gasteiger partial charge is 0.550 e. The number of halogens is 2. The third-order valence-corrected chi connectivity index (χ3v) is 7.71. The number of nitrogens with zero attached hydrogens (tertiary/aromatic N) is 2. The second kappa shape index (κ2) is 15.5. The monoisotopic (exact) mass is 615 g/mol. The van der Waals surface area contributed by atoms with Gasteiger partial charge in [-0.3, -0.25) is 13.9 Å². The number of aryl methyl sites for hydroxylation is 1. The van der Waals surface area contributed by atoms with Gasteiger partial charge in [0.2, 0.25) is 0 Å². The van der Waals surface area contributed by atoms with E-state index in [1.54, 1.807) is 44.2 Å². The van der Waals surface area contributed by atoms with E-state index in [4.69, 9.17) is 16.3 Å². The maximum absolute atomic E-state index is 14.9. The molecule has 0 aliphatic rings. The predicted molar refractivity (Wildman–Crippen MR) is 158 cm³/mol. The number of carbonyl (C=O) groups is 1. The summed E-state index contributed by atoms with van der Waals surface area (Å²) in [6.45, 7) is 3.54. The van der Waals surface area contributed by atoms with Gasteiger partial charge in [0.15, 0.2) is 0 Å². The second-order valence-corrected chi connectivity index (χ2v) is 10.4. The number of benzene rings is 3. The molecule has 11 heteroatoms. The summed E-state index contributed by atoms with van der Waals surface area (Å²) in [6.07, 6.45) is 0.169. The van der Waals surface area contributed by atoms with Crippen LogP contribution in [0.15, 0.2) is 76.3 Å². The summed E-state index contributed by atoms with van der Waals surface area (Å²) < 4.78 is 22.8. The van der Waals surface area contributed by atoms with E-state index >= 15 is 0 Å². The molecule has 0 radical (unpaired) electrons. The molecule has 1 heterocycles. The second-order valence-electron chi connectivity index (χ2n) is 9.99. The van der Waals surface area contributed by atoms with Crippen LogP contribution >= 0.6 is 11.6 Å². The number of methoxy groups -OCH3 is 1. The van der Waals surface area contributed by atoms with Crippen LogP contribution in [0.25, 0.3) is 11.1 Å². The molecule has 43 heavy (non-hydrogen) atoms. The van der Waals surface area contributed by atoms with Crippen molar-refractivity contribution in [2.75, 3.05) is 13.7 Å². The molecule has 4 rings (SSSR count). The first-order valence-corrected chi connectivity index (χ1v) is 13.9. The molecule has 1 aromatic heterocycles. The van der Waals surface area contributed by atoms with Gasteiger partial charge in [0.25, 0.3) is 5.56 Å². The summed E-state index contributed by atoms with van der Waals surface area (Å²) in [5.41, 5.74) is 1.52. The SMILES string of the molecule is COc1cccc(-c2c(C)n(Cc3c(C)cccc3F)c(=O)n(C[C@H](NCCCC(=O)[O-])c3ccccc3)c2=O)c1Cl.[Na+]. The number of ether oxygens (including phenoxy) is 1. The van der Waals surface area contributed by atoms with Crippen molar-refractivity contribution in [1.82, 2.24) is 14.5 Å². The van der Waals surface area contributed by atoms with E-state index < -0.39 is 29.1 Å². The van der Waals surface area contributed by atoms with E-state index in [1.165, 1.54) is 17.7 Å². The summed E-state index contributed by atoms with van der Waals surface area (Å²) in [5.74, 6) is -1.26. The molecule has 220 valence electrons. The van der Waals surface area contributed by atoms with Crippen LogP contribution in [0.5, 0.6) is 5.75 Å². The maximum Gasteiger partial charge on any atom is 1.00 e. The fraction of sp³-hybridized carbons (Fsp3) is 0.281. The molecule has 1 atom stereocenters. The standard InChI is InChI=1S/C32H33ClFN3O5.Na/c1-20-10-7-14-25(34)24(20)18-36-21(2)29(23-13-8-15-27(42-3)30(23)33)31(40)37(32(36)41)19-26(22-11-5-4-6-12-22)35-17-9-16-28(38)39;/h4-8,10-15,26,35H,9,16-19H2,1-3H3,(H,38,39);/q;+1/p-1/t26-;/m0./s1. The Labute approximate surface area is 276 Å². The first-order valence-electron chi connectivity index (χ1n) is 13.5. The third kappa shape index (κ3) is 7.85. The van der Waals surface area contributed by atoms with E-state index in [1.807, 2.05) is 30.3 Å². The normalized spacial score (nSPS) is 11.6. The van der Waals surface area contributed by atoms with Crippen LogP contribution in [0.4, 0.5) is 4.39 Å². The van der Waals surface area contributed by atoms with Crippen molar-refractivity contribution in [2.45, 2.75) is 45.8 Å². The molecule has 0 saturated heterocycles. The summed E-state index contributed by atoms with van der Waals surface area (Å²) >= 11 is 6.67. The Morgan fingerprint density at radius 1 is 1.02 bits per heavy atom. The van der Waals surface area contributed by atoms with Gasteiger partial charge in [-0.25, -0.2) is 9.18 Å². The summed E-state index contributed by atoms with van der Waals surface area (Å²) in [6, 6.07) is 18.5. The van der Waals surface area contributed by atoms with Gasteiger partial charge in [-0.15, -0.1) is 0 Å². The van der Waals surface area contributed by atoms with E-state index in [9.17, 15) is 23.9 Å².